The Kier molecular flexibility index (Phi) is 2.48. The molecule has 1 fully saturated rings. The second-order valence-corrected chi connectivity index (χ2v) is 4.35. The van der Waals surface area contributed by atoms with Crippen LogP contribution in [0.15, 0.2) is 12.2 Å². The quantitative estimate of drug-likeness (QED) is 0.503. The van der Waals surface area contributed by atoms with E-state index in [0.29, 0.717) is 11.8 Å². The first kappa shape index (κ1) is 9.56. The Labute approximate surface area is 84.1 Å². The number of fused-ring (bicyclic) bond motifs is 2. The fourth-order valence-electron chi connectivity index (χ4n) is 2.21. The fraction of sp³-hybridized carbons (Fsp3) is 0.727. The van der Waals surface area contributed by atoms with E-state index < -0.39 is 6.16 Å². The summed E-state index contributed by atoms with van der Waals surface area (Å²) in [6.07, 6.45) is 5.91. The first-order valence-corrected chi connectivity index (χ1v) is 5.20. The summed E-state index contributed by atoms with van der Waals surface area (Å²) in [7, 11) is 0. The molecule has 2 bridgehead atoms. The van der Waals surface area contributed by atoms with Crippen LogP contribution in [0.25, 0.3) is 0 Å². The zero-order chi connectivity index (χ0) is 10.1. The third-order valence-electron chi connectivity index (χ3n) is 2.80. The van der Waals surface area contributed by atoms with Crippen molar-refractivity contribution in [2.24, 2.45) is 11.8 Å². The minimum Gasteiger partial charge on any atom is -0.432 e. The zero-order valence-electron chi connectivity index (χ0n) is 8.60. The number of carbonyl (C=O) groups excluding carboxylic acids is 1. The number of rotatable bonds is 2. The maximum Gasteiger partial charge on any atom is 0.508 e. The fourth-order valence-corrected chi connectivity index (χ4v) is 2.21. The summed E-state index contributed by atoms with van der Waals surface area (Å²) in [6, 6.07) is 0. The van der Waals surface area contributed by atoms with Crippen molar-refractivity contribution >= 4 is 6.16 Å². The van der Waals surface area contributed by atoms with Crippen molar-refractivity contribution in [1.82, 2.24) is 0 Å². The van der Waals surface area contributed by atoms with Gasteiger partial charge < -0.3 is 9.47 Å². The average molecular weight is 196 g/mol. The minimum absolute atomic E-state index is 0.0521. The lowest BCUT2D eigenvalue weighted by Gasteiger charge is -2.19. The lowest BCUT2D eigenvalue weighted by atomic mass is 10.1. The van der Waals surface area contributed by atoms with Gasteiger partial charge in [-0.25, -0.2) is 4.79 Å². The van der Waals surface area contributed by atoms with Gasteiger partial charge in [-0.1, -0.05) is 12.2 Å². The monoisotopic (exact) mass is 196 g/mol. The molecule has 0 N–H and O–H groups in total. The molecule has 1 saturated carbocycles. The number of ether oxygens (including phenoxy) is 2. The lowest BCUT2D eigenvalue weighted by Crippen LogP contribution is -2.24. The van der Waals surface area contributed by atoms with E-state index in [-0.39, 0.29) is 12.2 Å². The van der Waals surface area contributed by atoms with Crippen molar-refractivity contribution < 1.29 is 14.3 Å². The molecule has 2 aliphatic rings. The van der Waals surface area contributed by atoms with Gasteiger partial charge in [0.2, 0.25) is 0 Å². The van der Waals surface area contributed by atoms with Crippen LogP contribution in [0.3, 0.4) is 0 Å². The van der Waals surface area contributed by atoms with E-state index in [1.807, 2.05) is 13.8 Å². The molecule has 0 heterocycles. The topological polar surface area (TPSA) is 35.5 Å². The van der Waals surface area contributed by atoms with Gasteiger partial charge in [0.15, 0.2) is 0 Å². The number of hydrogen-bond donors (Lipinski definition) is 0. The van der Waals surface area contributed by atoms with Crippen LogP contribution in [0.2, 0.25) is 0 Å². The highest BCUT2D eigenvalue weighted by Gasteiger charge is 2.38. The van der Waals surface area contributed by atoms with Crippen LogP contribution in [0, 0.1) is 11.8 Å². The molecule has 0 aromatic heterocycles. The van der Waals surface area contributed by atoms with Gasteiger partial charge in [-0.3, -0.25) is 0 Å². The third kappa shape index (κ3) is 1.91. The first-order valence-electron chi connectivity index (χ1n) is 5.20. The minimum atomic E-state index is -0.522. The van der Waals surface area contributed by atoms with Gasteiger partial charge in [-0.2, -0.15) is 0 Å². The maximum absolute atomic E-state index is 11.2. The molecule has 0 aliphatic heterocycles. The summed E-state index contributed by atoms with van der Waals surface area (Å²) >= 11 is 0. The summed E-state index contributed by atoms with van der Waals surface area (Å²) in [5.41, 5.74) is 0. The van der Waals surface area contributed by atoms with Crippen molar-refractivity contribution in [2.75, 3.05) is 0 Å². The van der Waals surface area contributed by atoms with Gasteiger partial charge in [0.1, 0.15) is 6.10 Å². The summed E-state index contributed by atoms with van der Waals surface area (Å²) in [6.45, 7) is 3.64. The Morgan fingerprint density at radius 3 is 2.64 bits per heavy atom. The van der Waals surface area contributed by atoms with Gasteiger partial charge in [0.25, 0.3) is 0 Å². The first-order chi connectivity index (χ1) is 6.65. The average Bonchev–Trinajstić information content (AvgIpc) is 2.62. The molecule has 0 amide bonds. The molecule has 0 aromatic rings. The second kappa shape index (κ2) is 3.64. The second-order valence-electron chi connectivity index (χ2n) is 4.35. The van der Waals surface area contributed by atoms with Crippen LogP contribution in [-0.2, 0) is 9.47 Å². The molecule has 2 rings (SSSR count). The molecule has 0 aromatic carbocycles. The molecule has 3 unspecified atom stereocenters. The number of carbonyl (C=O) groups is 1. The van der Waals surface area contributed by atoms with Crippen molar-refractivity contribution in [3.8, 4) is 0 Å². The lowest BCUT2D eigenvalue weighted by molar-refractivity contribution is 0.000121. The normalized spacial score (nSPS) is 33.8. The van der Waals surface area contributed by atoms with E-state index in [1.165, 1.54) is 0 Å². The molecule has 0 saturated heterocycles. The zero-order valence-corrected chi connectivity index (χ0v) is 8.60. The van der Waals surface area contributed by atoms with E-state index in [0.717, 1.165) is 12.8 Å². The van der Waals surface area contributed by atoms with Gasteiger partial charge in [-0.05, 0) is 32.6 Å². The molecule has 14 heavy (non-hydrogen) atoms. The molecular formula is C11H16O3. The van der Waals surface area contributed by atoms with Crippen molar-refractivity contribution in [3.63, 3.8) is 0 Å². The van der Waals surface area contributed by atoms with Crippen molar-refractivity contribution in [2.45, 2.75) is 38.9 Å². The van der Waals surface area contributed by atoms with Gasteiger partial charge >= 0.3 is 6.16 Å². The highest BCUT2D eigenvalue weighted by Crippen LogP contribution is 2.40. The maximum atomic E-state index is 11.2. The molecule has 78 valence electrons. The molecule has 0 radical (unpaired) electrons. The molecule has 3 atom stereocenters. The highest BCUT2D eigenvalue weighted by molar-refractivity contribution is 5.60. The summed E-state index contributed by atoms with van der Waals surface area (Å²) in [4.78, 5) is 11.2. The summed E-state index contributed by atoms with van der Waals surface area (Å²) in [5, 5.41) is 0. The Balaban J connectivity index is 1.81. The van der Waals surface area contributed by atoms with Crippen molar-refractivity contribution in [3.05, 3.63) is 12.2 Å². The predicted molar refractivity (Wildman–Crippen MR) is 51.8 cm³/mol. The van der Waals surface area contributed by atoms with E-state index in [2.05, 4.69) is 12.2 Å². The van der Waals surface area contributed by atoms with Crippen LogP contribution in [-0.4, -0.2) is 18.4 Å². The van der Waals surface area contributed by atoms with Gasteiger partial charge in [-0.15, -0.1) is 0 Å². The van der Waals surface area contributed by atoms with E-state index in [4.69, 9.17) is 9.47 Å². The molecule has 0 spiro atoms. The number of allylic oxidation sites excluding steroid dienone is 1. The Bertz CT molecular complexity index is 257. The van der Waals surface area contributed by atoms with Crippen LogP contribution in [0.1, 0.15) is 26.7 Å². The van der Waals surface area contributed by atoms with Gasteiger partial charge in [0.05, 0.1) is 6.10 Å². The highest BCUT2D eigenvalue weighted by atomic mass is 16.7. The summed E-state index contributed by atoms with van der Waals surface area (Å²) < 4.78 is 10.2. The van der Waals surface area contributed by atoms with Crippen LogP contribution in [0.4, 0.5) is 4.79 Å². The van der Waals surface area contributed by atoms with E-state index in [1.54, 1.807) is 0 Å². The Morgan fingerprint density at radius 2 is 2.14 bits per heavy atom. The largest absolute Gasteiger partial charge is 0.508 e. The Morgan fingerprint density at radius 1 is 1.36 bits per heavy atom. The molecule has 3 nitrogen and oxygen atoms in total. The predicted octanol–water partition coefficient (Wildman–Crippen LogP) is 2.51. The Hall–Kier alpha value is -0.990. The van der Waals surface area contributed by atoms with Crippen LogP contribution < -0.4 is 0 Å². The van der Waals surface area contributed by atoms with Gasteiger partial charge in [0, 0.05) is 5.92 Å². The smallest absolute Gasteiger partial charge is 0.432 e. The van der Waals surface area contributed by atoms with Crippen LogP contribution in [0.5, 0.6) is 0 Å². The summed E-state index contributed by atoms with van der Waals surface area (Å²) in [5.74, 6) is 1.05. The van der Waals surface area contributed by atoms with E-state index >= 15 is 0 Å². The SMILES string of the molecule is CC(C)OC(=O)OC1CC2C=CC1C2. The van der Waals surface area contributed by atoms with Crippen LogP contribution >= 0.6 is 0 Å². The standard InChI is InChI=1S/C11H16O3/c1-7(2)13-11(12)14-10-6-8-3-4-9(10)5-8/h3-4,7-10H,5-6H2,1-2H3. The number of hydrogen-bond acceptors (Lipinski definition) is 3. The van der Waals surface area contributed by atoms with Crippen molar-refractivity contribution in [1.29, 1.82) is 0 Å². The molecule has 3 heteroatoms. The molecular weight excluding hydrogens is 180 g/mol. The third-order valence-corrected chi connectivity index (χ3v) is 2.80. The van der Waals surface area contributed by atoms with E-state index in [9.17, 15) is 4.79 Å². The molecule has 2 aliphatic carbocycles.